The Morgan fingerprint density at radius 3 is 1.96 bits per heavy atom. The standard InChI is InChI=1S/C55H59N9O19S/c1-55(2,18-8-9-19-81-46-22-35(20-36(60-46)31-10-4-3-5-11-31)32-14-16-41-42(21-32)83-30-82-41)29-57-51(73)37(61-50(72)34-15-17-44(56-27-34)64-58-28-33-12-6-7-13-43(33)84(78,79)80)23-45(65)59-38(24-47(66)67)52(74)62-39(25-48(68)69)53(75)63-40(54(76)77)26-49(70)71/h3-7,10-17,20-22,27-28,37-40H,8-9,18-19,23-26,29-30H2,1-2H3,(H,56,64)(H,57,73)(H,59,65)(H,61,72)(H,62,74)(H,63,75)(H,66,67)(H,68,69)(H,70,71)(H,76,77)(H,78,79,80). The lowest BCUT2D eigenvalue weighted by Gasteiger charge is -2.27. The maximum Gasteiger partial charge on any atom is 0.326 e. The van der Waals surface area contributed by atoms with Crippen LogP contribution in [0.25, 0.3) is 22.4 Å². The number of hydrazone groups is 1. The van der Waals surface area contributed by atoms with Crippen molar-refractivity contribution in [3.05, 3.63) is 114 Å². The maximum absolute atomic E-state index is 14.0. The van der Waals surface area contributed by atoms with Gasteiger partial charge < -0.3 is 61.2 Å². The molecule has 2 aromatic heterocycles. The van der Waals surface area contributed by atoms with Gasteiger partial charge in [0.05, 0.1) is 49.8 Å². The second-order valence-corrected chi connectivity index (χ2v) is 21.0. The fourth-order valence-corrected chi connectivity index (χ4v) is 8.83. The minimum absolute atomic E-state index is 0.0102. The molecule has 0 aliphatic carbocycles. The summed E-state index contributed by atoms with van der Waals surface area (Å²) in [5.41, 5.74) is 5.04. The number of fused-ring (bicyclic) bond motifs is 1. The molecule has 0 saturated heterocycles. The van der Waals surface area contributed by atoms with Crippen molar-refractivity contribution in [1.82, 2.24) is 36.6 Å². The molecule has 11 N–H and O–H groups in total. The Morgan fingerprint density at radius 1 is 0.679 bits per heavy atom. The van der Waals surface area contributed by atoms with E-state index in [4.69, 9.17) is 24.3 Å². The van der Waals surface area contributed by atoms with Gasteiger partial charge in [0, 0.05) is 29.9 Å². The van der Waals surface area contributed by atoms with E-state index in [2.05, 4.69) is 31.5 Å². The highest BCUT2D eigenvalue weighted by molar-refractivity contribution is 7.86. The molecular formula is C55H59N9O19S. The number of benzene rings is 3. The molecule has 0 spiro atoms. The van der Waals surface area contributed by atoms with E-state index in [9.17, 15) is 71.4 Å². The van der Waals surface area contributed by atoms with E-state index in [0.29, 0.717) is 42.3 Å². The number of nitrogens with zero attached hydrogens (tertiary/aromatic N) is 3. The van der Waals surface area contributed by atoms with Crippen LogP contribution in [0.1, 0.15) is 74.7 Å². The second kappa shape index (κ2) is 29.1. The van der Waals surface area contributed by atoms with Crippen LogP contribution >= 0.6 is 0 Å². The van der Waals surface area contributed by atoms with Crippen LogP contribution in [0.15, 0.2) is 113 Å². The molecule has 0 bridgehead atoms. The molecule has 3 heterocycles. The van der Waals surface area contributed by atoms with Gasteiger partial charge in [-0.1, -0.05) is 68.4 Å². The molecule has 4 unspecified atom stereocenters. The average molecular weight is 1180 g/mol. The second-order valence-electron chi connectivity index (χ2n) is 19.6. The molecule has 1 aliphatic heterocycles. The van der Waals surface area contributed by atoms with Crippen LogP contribution in [-0.4, -0.2) is 147 Å². The molecule has 84 heavy (non-hydrogen) atoms. The Morgan fingerprint density at radius 2 is 1.31 bits per heavy atom. The van der Waals surface area contributed by atoms with Gasteiger partial charge in [-0.15, -0.1) is 0 Å². The summed E-state index contributed by atoms with van der Waals surface area (Å²) in [5, 5.41) is 52.5. The van der Waals surface area contributed by atoms with Gasteiger partial charge in [0.1, 0.15) is 34.9 Å². The van der Waals surface area contributed by atoms with Gasteiger partial charge in [-0.25, -0.2) is 14.8 Å². The number of unbranched alkanes of at least 4 members (excludes halogenated alkanes) is 1. The van der Waals surface area contributed by atoms with Gasteiger partial charge in [0.25, 0.3) is 16.0 Å². The molecule has 3 aromatic carbocycles. The summed E-state index contributed by atoms with van der Waals surface area (Å²) in [6, 6.07) is 18.9. The first-order valence-corrected chi connectivity index (χ1v) is 27.1. The normalized spacial score (nSPS) is 13.3. The molecule has 5 aromatic rings. The number of aromatic nitrogens is 2. The van der Waals surface area contributed by atoms with Crippen LogP contribution in [0, 0.1) is 5.41 Å². The van der Waals surface area contributed by atoms with E-state index >= 15 is 0 Å². The predicted octanol–water partition coefficient (Wildman–Crippen LogP) is 3.08. The van der Waals surface area contributed by atoms with E-state index in [1.54, 1.807) is 5.32 Å². The van der Waals surface area contributed by atoms with E-state index < -0.39 is 124 Å². The average Bonchev–Trinajstić information content (AvgIpc) is 4.13. The number of hydrogen-bond donors (Lipinski definition) is 11. The minimum atomic E-state index is -4.59. The van der Waals surface area contributed by atoms with Gasteiger partial charge in [0.15, 0.2) is 11.5 Å². The van der Waals surface area contributed by atoms with Crippen molar-refractivity contribution in [1.29, 1.82) is 0 Å². The molecule has 29 heteroatoms. The first kappa shape index (κ1) is 63.2. The Hall–Kier alpha value is -10.0. The van der Waals surface area contributed by atoms with Crippen LogP contribution in [0.4, 0.5) is 5.82 Å². The van der Waals surface area contributed by atoms with Gasteiger partial charge in [0.2, 0.25) is 36.3 Å². The highest BCUT2D eigenvalue weighted by Crippen LogP contribution is 2.37. The summed E-state index contributed by atoms with van der Waals surface area (Å²) in [6.07, 6.45) is -0.635. The monoisotopic (exact) mass is 1180 g/mol. The molecule has 0 saturated carbocycles. The van der Waals surface area contributed by atoms with Crippen LogP contribution in [0.2, 0.25) is 0 Å². The number of hydrogen-bond acceptors (Lipinski definition) is 18. The topological polar surface area (TPSA) is 427 Å². The fraction of sp³-hybridized carbons (Fsp3) is 0.309. The first-order valence-electron chi connectivity index (χ1n) is 25.6. The zero-order valence-electron chi connectivity index (χ0n) is 45.0. The number of carboxylic acids is 4. The molecule has 0 radical (unpaired) electrons. The Bertz CT molecular complexity index is 3400. The fourth-order valence-electron chi connectivity index (χ4n) is 8.16. The largest absolute Gasteiger partial charge is 0.481 e. The van der Waals surface area contributed by atoms with Gasteiger partial charge in [-0.3, -0.25) is 48.3 Å². The first-order chi connectivity index (χ1) is 39.8. The molecule has 4 atom stereocenters. The zero-order valence-corrected chi connectivity index (χ0v) is 45.8. The van der Waals surface area contributed by atoms with E-state index in [1.807, 2.05) is 79.8 Å². The summed E-state index contributed by atoms with van der Waals surface area (Å²) in [5.74, 6) is -11.2. The lowest BCUT2D eigenvalue weighted by molar-refractivity contribution is -0.148. The molecule has 28 nitrogen and oxygen atoms in total. The van der Waals surface area contributed by atoms with E-state index in [1.165, 1.54) is 30.3 Å². The molecule has 0 fully saturated rings. The third-order valence-electron chi connectivity index (χ3n) is 12.5. The number of nitrogens with one attached hydrogen (secondary N) is 6. The number of ether oxygens (including phenoxy) is 3. The number of pyridine rings is 2. The summed E-state index contributed by atoms with van der Waals surface area (Å²) in [6.45, 7) is 4.10. The number of amides is 5. The number of anilines is 1. The van der Waals surface area contributed by atoms with Gasteiger partial charge in [-0.2, -0.15) is 13.5 Å². The minimum Gasteiger partial charge on any atom is -0.481 e. The smallest absolute Gasteiger partial charge is 0.326 e. The zero-order chi connectivity index (χ0) is 61.1. The molecule has 6 rings (SSSR count). The Balaban J connectivity index is 1.13. The van der Waals surface area contributed by atoms with Crippen molar-refractivity contribution >= 4 is 75.6 Å². The number of carboxylic acid groups (broad SMARTS) is 4. The van der Waals surface area contributed by atoms with Crippen molar-refractivity contribution in [3.63, 3.8) is 0 Å². The SMILES string of the molecule is CC(C)(CCCCOc1cc(-c2ccc3c(c2)OCO3)cc(-c2ccccc2)n1)CNC(=O)C(CC(=O)NC(CC(=O)O)C(=O)NC(CC(=O)O)C(=O)NC(CC(=O)O)C(=O)O)NC(=O)c1ccc(NN=Cc2ccccc2S(=O)(=O)O)nc1. The van der Waals surface area contributed by atoms with Crippen LogP contribution in [-0.2, 0) is 48.5 Å². The van der Waals surface area contributed by atoms with E-state index in [-0.39, 0.29) is 36.9 Å². The van der Waals surface area contributed by atoms with Crippen LogP contribution in [0.3, 0.4) is 0 Å². The maximum atomic E-state index is 14.0. The summed E-state index contributed by atoms with van der Waals surface area (Å²) >= 11 is 0. The summed E-state index contributed by atoms with van der Waals surface area (Å²) < 4.78 is 50.3. The Labute approximate surface area is 479 Å². The van der Waals surface area contributed by atoms with Crippen molar-refractivity contribution in [2.45, 2.75) is 87.9 Å². The molecule has 1 aliphatic rings. The Kier molecular flexibility index (Phi) is 21.9. The molecular weight excluding hydrogens is 1120 g/mol. The molecule has 444 valence electrons. The number of carbonyl (C=O) groups excluding carboxylic acids is 5. The van der Waals surface area contributed by atoms with Crippen molar-refractivity contribution in [2.24, 2.45) is 10.5 Å². The van der Waals surface area contributed by atoms with Crippen LogP contribution < -0.4 is 46.2 Å². The van der Waals surface area contributed by atoms with Gasteiger partial charge in [-0.05, 0) is 72.2 Å². The summed E-state index contributed by atoms with van der Waals surface area (Å²) in [4.78, 5) is 123. The van der Waals surface area contributed by atoms with Crippen molar-refractivity contribution < 1.29 is 90.8 Å². The quantitative estimate of drug-likeness (QED) is 0.0131. The number of carbonyl (C=O) groups is 9. The lowest BCUT2D eigenvalue weighted by atomic mass is 9.87. The third kappa shape index (κ3) is 19.3. The third-order valence-corrected chi connectivity index (χ3v) is 13.4. The van der Waals surface area contributed by atoms with Crippen LogP contribution in [0.5, 0.6) is 17.4 Å². The number of aliphatic carboxylic acids is 4. The highest BCUT2D eigenvalue weighted by atomic mass is 32.2. The lowest BCUT2D eigenvalue weighted by Crippen LogP contribution is -2.57. The predicted molar refractivity (Wildman–Crippen MR) is 295 cm³/mol. The van der Waals surface area contributed by atoms with Crippen molar-refractivity contribution in [2.75, 3.05) is 25.4 Å². The summed E-state index contributed by atoms with van der Waals surface area (Å²) in [7, 11) is -4.59. The number of rotatable bonds is 31. The highest BCUT2D eigenvalue weighted by Gasteiger charge is 2.34. The van der Waals surface area contributed by atoms with E-state index in [0.717, 1.165) is 35.2 Å². The van der Waals surface area contributed by atoms with Crippen molar-refractivity contribution in [3.8, 4) is 39.8 Å². The van der Waals surface area contributed by atoms with Gasteiger partial charge >= 0.3 is 23.9 Å². The molecule has 5 amide bonds.